The molecule has 0 saturated carbocycles. The van der Waals surface area contributed by atoms with Gasteiger partial charge in [0.1, 0.15) is 6.10 Å². The van der Waals surface area contributed by atoms with Crippen molar-refractivity contribution >= 4 is 35.6 Å². The van der Waals surface area contributed by atoms with E-state index in [9.17, 15) is 0 Å². The van der Waals surface area contributed by atoms with Gasteiger partial charge in [-0.15, -0.1) is 24.0 Å². The number of benzene rings is 1. The van der Waals surface area contributed by atoms with Crippen molar-refractivity contribution in [1.29, 1.82) is 0 Å². The Hall–Kier alpha value is -1.06. The molecule has 0 aromatic heterocycles. The predicted octanol–water partition coefficient (Wildman–Crippen LogP) is 2.59. The van der Waals surface area contributed by atoms with E-state index in [0.717, 1.165) is 64.7 Å². The highest BCUT2D eigenvalue weighted by atomic mass is 127. The van der Waals surface area contributed by atoms with Crippen LogP contribution in [0.2, 0.25) is 0 Å². The molecule has 2 aliphatic rings. The highest BCUT2D eigenvalue weighted by Crippen LogP contribution is 2.21. The van der Waals surface area contributed by atoms with Crippen LogP contribution in [0.25, 0.3) is 0 Å². The van der Waals surface area contributed by atoms with Crippen LogP contribution in [0.15, 0.2) is 35.3 Å². The second kappa shape index (κ2) is 11.7. The topological polar surface area (TPSA) is 49.3 Å². The number of guanidine groups is 1. The quantitative estimate of drug-likeness (QED) is 0.379. The lowest BCUT2D eigenvalue weighted by Gasteiger charge is -2.37. The summed E-state index contributed by atoms with van der Waals surface area (Å²) in [5.41, 5.74) is 1.22. The average Bonchev–Trinajstić information content (AvgIpc) is 3.23. The number of rotatable bonds is 6. The van der Waals surface area contributed by atoms with Gasteiger partial charge >= 0.3 is 0 Å². The Labute approximate surface area is 180 Å². The van der Waals surface area contributed by atoms with E-state index >= 15 is 0 Å². The van der Waals surface area contributed by atoms with Crippen molar-refractivity contribution in [3.05, 3.63) is 30.3 Å². The van der Waals surface area contributed by atoms with Crippen LogP contribution in [0.5, 0.6) is 0 Å². The third kappa shape index (κ3) is 6.50. The molecule has 3 rings (SSSR count). The smallest absolute Gasteiger partial charge is 0.194 e. The number of anilines is 1. The normalized spacial score (nSPS) is 23.0. The van der Waals surface area contributed by atoms with Gasteiger partial charge in [0.15, 0.2) is 5.96 Å². The van der Waals surface area contributed by atoms with Crippen molar-refractivity contribution in [3.63, 3.8) is 0 Å². The van der Waals surface area contributed by atoms with Crippen LogP contribution >= 0.6 is 24.0 Å². The lowest BCUT2D eigenvalue weighted by Crippen LogP contribution is -2.53. The van der Waals surface area contributed by atoms with Crippen LogP contribution in [0.4, 0.5) is 5.69 Å². The summed E-state index contributed by atoms with van der Waals surface area (Å²) in [5.74, 6) is 0.986. The van der Waals surface area contributed by atoms with E-state index in [1.165, 1.54) is 5.69 Å². The number of hydrogen-bond donors (Lipinski definition) is 1. The molecule has 27 heavy (non-hydrogen) atoms. The maximum absolute atomic E-state index is 5.96. The van der Waals surface area contributed by atoms with Gasteiger partial charge in [0.25, 0.3) is 0 Å². The number of ether oxygens (including phenoxy) is 2. The molecule has 2 unspecified atom stereocenters. The summed E-state index contributed by atoms with van der Waals surface area (Å²) >= 11 is 0. The number of likely N-dealkylation sites (N-methyl/N-ethyl adjacent to an activating group) is 1. The van der Waals surface area contributed by atoms with Crippen molar-refractivity contribution in [3.8, 4) is 0 Å². The number of aliphatic imine (C=N–C) groups is 1. The first kappa shape index (κ1) is 22.2. The molecule has 2 heterocycles. The van der Waals surface area contributed by atoms with Gasteiger partial charge in [-0.3, -0.25) is 4.99 Å². The summed E-state index contributed by atoms with van der Waals surface area (Å²) in [5, 5.41) is 3.44. The molecule has 0 aliphatic carbocycles. The molecule has 2 aliphatic heterocycles. The second-order valence-corrected chi connectivity index (χ2v) is 6.90. The Bertz CT molecular complexity index is 566. The number of nitrogens with zero attached hydrogens (tertiary/aromatic N) is 3. The molecule has 0 bridgehead atoms. The Morgan fingerprint density at radius 1 is 1.22 bits per heavy atom. The van der Waals surface area contributed by atoms with Crippen LogP contribution in [0.1, 0.15) is 19.8 Å². The highest BCUT2D eigenvalue weighted by Gasteiger charge is 2.32. The zero-order valence-corrected chi connectivity index (χ0v) is 18.8. The van der Waals surface area contributed by atoms with E-state index in [2.05, 4.69) is 53.4 Å². The van der Waals surface area contributed by atoms with E-state index in [4.69, 9.17) is 14.5 Å². The number of halogens is 1. The Morgan fingerprint density at radius 3 is 2.70 bits per heavy atom. The molecule has 1 N–H and O–H groups in total. The molecule has 0 amide bonds. The molecule has 2 saturated heterocycles. The maximum Gasteiger partial charge on any atom is 0.194 e. The van der Waals surface area contributed by atoms with Gasteiger partial charge in [0.05, 0.1) is 19.3 Å². The average molecular weight is 488 g/mol. The van der Waals surface area contributed by atoms with Crippen LogP contribution in [-0.4, -0.2) is 76.1 Å². The van der Waals surface area contributed by atoms with Gasteiger partial charge in [0, 0.05) is 45.5 Å². The first-order valence-corrected chi connectivity index (χ1v) is 9.80. The third-order valence-corrected chi connectivity index (χ3v) is 5.00. The maximum atomic E-state index is 5.96. The van der Waals surface area contributed by atoms with E-state index in [1.807, 2.05) is 6.07 Å². The SMILES string of the molecule is CCNC(=NCCN(C)c1ccccc1)N1CCOC(C2CCCO2)C1.I. The minimum atomic E-state index is 0. The number of para-hydroxylation sites is 1. The molecule has 7 heteroatoms. The lowest BCUT2D eigenvalue weighted by molar-refractivity contribution is -0.0817. The fraction of sp³-hybridized carbons (Fsp3) is 0.650. The molecule has 2 fully saturated rings. The van der Waals surface area contributed by atoms with Gasteiger partial charge in [-0.1, -0.05) is 18.2 Å². The van der Waals surface area contributed by atoms with Crippen molar-refractivity contribution in [2.75, 3.05) is 57.9 Å². The summed E-state index contributed by atoms with van der Waals surface area (Å²) in [6, 6.07) is 10.4. The minimum absolute atomic E-state index is 0. The van der Waals surface area contributed by atoms with Gasteiger partial charge in [0.2, 0.25) is 0 Å². The van der Waals surface area contributed by atoms with Crippen molar-refractivity contribution in [1.82, 2.24) is 10.2 Å². The van der Waals surface area contributed by atoms with Crippen LogP contribution < -0.4 is 10.2 Å². The van der Waals surface area contributed by atoms with Gasteiger partial charge in [-0.2, -0.15) is 0 Å². The Kier molecular flexibility index (Phi) is 9.64. The van der Waals surface area contributed by atoms with E-state index < -0.39 is 0 Å². The monoisotopic (exact) mass is 488 g/mol. The molecular weight excluding hydrogens is 455 g/mol. The van der Waals surface area contributed by atoms with Crippen molar-refractivity contribution in [2.45, 2.75) is 32.0 Å². The zero-order chi connectivity index (χ0) is 18.2. The molecule has 0 spiro atoms. The predicted molar refractivity (Wildman–Crippen MR) is 121 cm³/mol. The molecular formula is C20H33IN4O2. The molecule has 152 valence electrons. The number of hydrogen-bond acceptors (Lipinski definition) is 4. The minimum Gasteiger partial charge on any atom is -0.375 e. The Balaban J connectivity index is 0.00000261. The fourth-order valence-electron chi connectivity index (χ4n) is 3.53. The Morgan fingerprint density at radius 2 is 2.00 bits per heavy atom. The molecule has 0 radical (unpaired) electrons. The largest absolute Gasteiger partial charge is 0.375 e. The standard InChI is InChI=1S/C20H32N4O2.HI/c1-3-21-20(22-11-12-23(2)17-8-5-4-6-9-17)24-13-15-26-19(16-24)18-10-7-14-25-18;/h4-6,8-9,18-19H,3,7,10-16H2,1-2H3,(H,21,22);1H. The number of morpholine rings is 1. The number of nitrogens with one attached hydrogen (secondary N) is 1. The first-order valence-electron chi connectivity index (χ1n) is 9.80. The van der Waals surface area contributed by atoms with Crippen LogP contribution in [-0.2, 0) is 9.47 Å². The summed E-state index contributed by atoms with van der Waals surface area (Å²) in [4.78, 5) is 9.42. The van der Waals surface area contributed by atoms with E-state index in [0.29, 0.717) is 0 Å². The third-order valence-electron chi connectivity index (χ3n) is 5.00. The zero-order valence-electron chi connectivity index (χ0n) is 16.5. The van der Waals surface area contributed by atoms with E-state index in [1.54, 1.807) is 0 Å². The van der Waals surface area contributed by atoms with Gasteiger partial charge < -0.3 is 24.6 Å². The van der Waals surface area contributed by atoms with Crippen LogP contribution in [0.3, 0.4) is 0 Å². The highest BCUT2D eigenvalue weighted by molar-refractivity contribution is 14.0. The molecule has 2 atom stereocenters. The molecule has 1 aromatic carbocycles. The summed E-state index contributed by atoms with van der Waals surface area (Å²) < 4.78 is 11.8. The molecule has 1 aromatic rings. The first-order chi connectivity index (χ1) is 12.8. The summed E-state index contributed by atoms with van der Waals surface area (Å²) in [6.07, 6.45) is 2.64. The molecule has 6 nitrogen and oxygen atoms in total. The summed E-state index contributed by atoms with van der Waals surface area (Å²) in [7, 11) is 2.11. The van der Waals surface area contributed by atoms with Gasteiger partial charge in [-0.05, 0) is 31.9 Å². The van der Waals surface area contributed by atoms with Crippen molar-refractivity contribution in [2.24, 2.45) is 4.99 Å². The van der Waals surface area contributed by atoms with E-state index in [-0.39, 0.29) is 36.2 Å². The summed E-state index contributed by atoms with van der Waals surface area (Å²) in [6.45, 7) is 7.96. The van der Waals surface area contributed by atoms with Crippen LogP contribution in [0, 0.1) is 0 Å². The van der Waals surface area contributed by atoms with Crippen molar-refractivity contribution < 1.29 is 9.47 Å². The second-order valence-electron chi connectivity index (χ2n) is 6.90. The lowest BCUT2D eigenvalue weighted by atomic mass is 10.1. The van der Waals surface area contributed by atoms with Gasteiger partial charge in [-0.25, -0.2) is 0 Å². The fourth-order valence-corrected chi connectivity index (χ4v) is 3.53.